The Labute approximate surface area is 447 Å². The van der Waals surface area contributed by atoms with Crippen molar-refractivity contribution >= 4 is 29.7 Å². The van der Waals surface area contributed by atoms with Crippen LogP contribution < -0.4 is 0 Å². The molecule has 0 aromatic heterocycles. The van der Waals surface area contributed by atoms with Crippen LogP contribution in [-0.4, -0.2) is 386 Å². The highest BCUT2D eigenvalue weighted by atomic mass is 16.8. The molecule has 4 heterocycles. The Bertz CT molecular complexity index is 1700. The van der Waals surface area contributed by atoms with Gasteiger partial charge in [0.15, 0.2) is 50.3 Å². The molecule has 0 spiro atoms. The molecule has 0 bridgehead atoms. The first-order chi connectivity index (χ1) is 37.1. The average molecular weight is 1160 g/mol. The first-order valence-corrected chi connectivity index (χ1v) is 24.5. The number of aliphatic hydroxyl groups excluding tert-OH is 16. The Balaban J connectivity index is 1.45. The molecule has 0 saturated carbocycles. The highest BCUT2D eigenvalue weighted by Gasteiger charge is 2.47. The molecule has 4 fully saturated rings. The van der Waals surface area contributed by atoms with Crippen LogP contribution >= 0.6 is 0 Å². The standard InChI is InChI=1S/C42H73N5O32/c48-18(46(5-9-72-39-31(64)23(56)27(60)35(68)76-39)6-10-73-40-32(65)24(57)28(61)36(69)77-40)13-44(16-21(52)53)3-1-43(15-20(50)51)2-4-45(17-22(54)55)14-19(49)47(7-11-74-41-33(66)25(58)29(62)37(70)78-41)8-12-75-42-34(67)26(59)30(63)38(71)79-42/h23-42,56-71H,1-17H2,(H,50,51)(H,52,53)(H,54,55)/t23-,24-,25-,26-,27-,28-,29-,30-,31-,32-,33-,34-,35-,36-,37-,38-,39?,40?,41?,42?/m0/s1. The molecule has 2 amide bonds. The van der Waals surface area contributed by atoms with Crippen LogP contribution in [0.4, 0.5) is 0 Å². The number of amides is 2. The minimum absolute atomic E-state index is 0.319. The maximum atomic E-state index is 13.9. The number of hydrogen-bond acceptors (Lipinski definition) is 32. The third-order valence-corrected chi connectivity index (χ3v) is 12.7. The van der Waals surface area contributed by atoms with Gasteiger partial charge in [-0.05, 0) is 0 Å². The Morgan fingerprint density at radius 2 is 0.506 bits per heavy atom. The van der Waals surface area contributed by atoms with E-state index >= 15 is 0 Å². The molecular weight excluding hydrogens is 1090 g/mol. The molecule has 37 nitrogen and oxygen atoms in total. The third-order valence-electron chi connectivity index (χ3n) is 12.7. The van der Waals surface area contributed by atoms with Crippen molar-refractivity contribution in [1.29, 1.82) is 0 Å². The maximum absolute atomic E-state index is 13.9. The average Bonchev–Trinajstić information content (AvgIpc) is 3.38. The van der Waals surface area contributed by atoms with E-state index in [2.05, 4.69) is 0 Å². The zero-order chi connectivity index (χ0) is 59.0. The zero-order valence-electron chi connectivity index (χ0n) is 42.1. The van der Waals surface area contributed by atoms with Gasteiger partial charge < -0.3 is 145 Å². The van der Waals surface area contributed by atoms with Crippen LogP contribution in [-0.2, 0) is 61.9 Å². The van der Waals surface area contributed by atoms with Crippen LogP contribution in [0.2, 0.25) is 0 Å². The fourth-order valence-electron chi connectivity index (χ4n) is 8.13. The smallest absolute Gasteiger partial charge is 0.317 e. The second-order valence-electron chi connectivity index (χ2n) is 18.6. The number of ether oxygens (including phenoxy) is 8. The van der Waals surface area contributed by atoms with Crippen molar-refractivity contribution < 1.29 is 159 Å². The highest BCUT2D eigenvalue weighted by molar-refractivity contribution is 5.80. The minimum atomic E-state index is -1.99. The van der Waals surface area contributed by atoms with Gasteiger partial charge in [-0.1, -0.05) is 0 Å². The van der Waals surface area contributed by atoms with Crippen molar-refractivity contribution in [2.24, 2.45) is 0 Å². The monoisotopic (exact) mass is 1160 g/mol. The molecule has 0 radical (unpaired) electrons. The first-order valence-electron chi connectivity index (χ1n) is 24.5. The van der Waals surface area contributed by atoms with E-state index in [0.29, 0.717) is 0 Å². The summed E-state index contributed by atoms with van der Waals surface area (Å²) in [4.78, 5) is 69.3. The lowest BCUT2D eigenvalue weighted by molar-refractivity contribution is -0.341. The second-order valence-corrected chi connectivity index (χ2v) is 18.6. The molecule has 4 aliphatic heterocycles. The fraction of sp³-hybridized carbons (Fsp3) is 0.881. The summed E-state index contributed by atoms with van der Waals surface area (Å²) < 4.78 is 41.5. The van der Waals surface area contributed by atoms with Gasteiger partial charge in [0.2, 0.25) is 11.8 Å². The Morgan fingerprint density at radius 1 is 0.291 bits per heavy atom. The molecule has 4 unspecified atom stereocenters. The summed E-state index contributed by atoms with van der Waals surface area (Å²) in [5, 5.41) is 190. The van der Waals surface area contributed by atoms with Gasteiger partial charge in [-0.2, -0.15) is 0 Å². The number of aliphatic carboxylic acids is 3. The quantitative estimate of drug-likeness (QED) is 0.0297. The number of carboxylic acid groups (broad SMARTS) is 3. The number of aliphatic hydroxyl groups is 16. The molecule has 4 aliphatic rings. The van der Waals surface area contributed by atoms with Gasteiger partial charge in [0.1, 0.15) is 73.2 Å². The predicted molar refractivity (Wildman–Crippen MR) is 245 cm³/mol. The van der Waals surface area contributed by atoms with Gasteiger partial charge in [-0.3, -0.25) is 38.7 Å². The van der Waals surface area contributed by atoms with Gasteiger partial charge in [0, 0.05) is 52.4 Å². The van der Waals surface area contributed by atoms with Crippen molar-refractivity contribution in [3.05, 3.63) is 0 Å². The van der Waals surface area contributed by atoms with E-state index in [-0.39, 0.29) is 26.2 Å². The normalized spacial score (nSPS) is 35.2. The maximum Gasteiger partial charge on any atom is 0.317 e. The molecule has 79 heavy (non-hydrogen) atoms. The van der Waals surface area contributed by atoms with Crippen LogP contribution in [0.25, 0.3) is 0 Å². The van der Waals surface area contributed by atoms with Crippen molar-refractivity contribution in [3.8, 4) is 0 Å². The molecule has 37 heteroatoms. The summed E-state index contributed by atoms with van der Waals surface area (Å²) in [7, 11) is 0. The van der Waals surface area contributed by atoms with Gasteiger partial charge in [0.25, 0.3) is 0 Å². The van der Waals surface area contributed by atoms with Crippen molar-refractivity contribution in [2.45, 2.75) is 124 Å². The predicted octanol–water partition coefficient (Wildman–Crippen LogP) is -14.1. The number of rotatable bonds is 32. The van der Waals surface area contributed by atoms with E-state index in [1.54, 1.807) is 0 Å². The van der Waals surface area contributed by atoms with Gasteiger partial charge in [0.05, 0.1) is 59.2 Å². The topological polar surface area (TPSA) is 560 Å². The molecule has 0 aromatic carbocycles. The van der Waals surface area contributed by atoms with Crippen LogP contribution in [0.15, 0.2) is 0 Å². The van der Waals surface area contributed by atoms with E-state index in [1.807, 2.05) is 0 Å². The van der Waals surface area contributed by atoms with E-state index in [4.69, 9.17) is 37.9 Å². The molecule has 4 rings (SSSR count). The van der Waals surface area contributed by atoms with Gasteiger partial charge >= 0.3 is 17.9 Å². The van der Waals surface area contributed by atoms with Crippen molar-refractivity contribution in [1.82, 2.24) is 24.5 Å². The number of carboxylic acids is 3. The lowest BCUT2D eigenvalue weighted by atomic mass is 10.0. The molecule has 0 aliphatic carbocycles. The third kappa shape index (κ3) is 20.3. The molecule has 20 atom stereocenters. The Kier molecular flexibility index (Phi) is 27.6. The molecule has 4 saturated heterocycles. The van der Waals surface area contributed by atoms with Crippen molar-refractivity contribution in [3.63, 3.8) is 0 Å². The van der Waals surface area contributed by atoms with Crippen molar-refractivity contribution in [2.75, 3.05) is 112 Å². The lowest BCUT2D eigenvalue weighted by Gasteiger charge is -2.38. The van der Waals surface area contributed by atoms with E-state index in [0.717, 1.165) is 19.6 Å². The molecular formula is C42H73N5O32. The number of carbonyl (C=O) groups is 5. The summed E-state index contributed by atoms with van der Waals surface area (Å²) in [6.07, 6.45) is -37.8. The van der Waals surface area contributed by atoms with Crippen LogP contribution in [0.5, 0.6) is 0 Å². The lowest BCUT2D eigenvalue weighted by Crippen LogP contribution is -2.58. The number of hydrogen-bond donors (Lipinski definition) is 19. The first kappa shape index (κ1) is 67.8. The minimum Gasteiger partial charge on any atom is -0.480 e. The summed E-state index contributed by atoms with van der Waals surface area (Å²) in [6.45, 7) is -9.08. The second kappa shape index (κ2) is 32.2. The van der Waals surface area contributed by atoms with Crippen LogP contribution in [0.1, 0.15) is 0 Å². The highest BCUT2D eigenvalue weighted by Crippen LogP contribution is 2.24. The van der Waals surface area contributed by atoms with E-state index in [1.165, 1.54) is 4.90 Å². The van der Waals surface area contributed by atoms with E-state index in [9.17, 15) is 121 Å². The summed E-state index contributed by atoms with van der Waals surface area (Å²) >= 11 is 0. The summed E-state index contributed by atoms with van der Waals surface area (Å²) in [5.41, 5.74) is 0. The van der Waals surface area contributed by atoms with Crippen LogP contribution in [0, 0.1) is 0 Å². The molecule has 458 valence electrons. The Hall–Kier alpha value is -3.73. The Morgan fingerprint density at radius 3 is 0.734 bits per heavy atom. The van der Waals surface area contributed by atoms with E-state index < -0.39 is 239 Å². The zero-order valence-corrected chi connectivity index (χ0v) is 42.1. The number of nitrogens with zero attached hydrogens (tertiary/aromatic N) is 5. The summed E-state index contributed by atoms with van der Waals surface area (Å²) in [6, 6.07) is 0. The summed E-state index contributed by atoms with van der Waals surface area (Å²) in [5.74, 6) is -6.05. The largest absolute Gasteiger partial charge is 0.480 e. The van der Waals surface area contributed by atoms with Gasteiger partial charge in [-0.25, -0.2) is 0 Å². The molecule has 19 N–H and O–H groups in total. The van der Waals surface area contributed by atoms with Crippen LogP contribution in [0.3, 0.4) is 0 Å². The SMILES string of the molecule is O=C(O)CN(CCN(CC(=O)O)CC(=O)N(CCOC1O[C@H](O)[C@@H](O)[C@H](O)[C@@H]1O)CCOC1O[C@H](O)[C@@H](O)[C@H](O)[C@@H]1O)CCN(CC(=O)O)CC(=O)N(CCOC1O[C@H](O)[C@@H](O)[C@H](O)[C@@H]1O)CCOC1O[C@H](O)[C@@H](O)[C@H](O)[C@@H]1O. The molecule has 0 aromatic rings. The van der Waals surface area contributed by atoms with Gasteiger partial charge in [-0.15, -0.1) is 0 Å². The fourth-order valence-corrected chi connectivity index (χ4v) is 8.13. The number of carbonyl (C=O) groups excluding carboxylic acids is 2.